The number of nitrogens with one attached hydrogen (secondary N) is 1. The normalized spacial score (nSPS) is 10.5. The maximum atomic E-state index is 11.9. The van der Waals surface area contributed by atoms with Crippen LogP contribution in [0.2, 0.25) is 0 Å². The molecule has 6 nitrogen and oxygen atoms in total. The molecular formula is C10H12N4O2S. The van der Waals surface area contributed by atoms with Crippen molar-refractivity contribution in [2.75, 3.05) is 5.32 Å². The number of anilines is 1. The van der Waals surface area contributed by atoms with Crippen LogP contribution in [0.1, 0.15) is 35.1 Å². The Hall–Kier alpha value is -1.76. The molecule has 0 saturated carbocycles. The van der Waals surface area contributed by atoms with Gasteiger partial charge >= 0.3 is 0 Å². The molecule has 2 aromatic heterocycles. The summed E-state index contributed by atoms with van der Waals surface area (Å²) < 4.78 is 5.09. The van der Waals surface area contributed by atoms with Crippen molar-refractivity contribution in [2.45, 2.75) is 26.7 Å². The summed E-state index contributed by atoms with van der Waals surface area (Å²) in [5, 5.41) is 11.8. The van der Waals surface area contributed by atoms with Gasteiger partial charge in [0.05, 0.1) is 0 Å². The van der Waals surface area contributed by atoms with Crippen LogP contribution in [0, 0.1) is 0 Å². The lowest BCUT2D eigenvalue weighted by molar-refractivity contribution is 0.102. The summed E-state index contributed by atoms with van der Waals surface area (Å²) in [6.07, 6.45) is 2.70. The summed E-state index contributed by atoms with van der Waals surface area (Å²) in [5.41, 5.74) is 0.306. The van der Waals surface area contributed by atoms with Gasteiger partial charge in [-0.2, -0.15) is 0 Å². The van der Waals surface area contributed by atoms with Gasteiger partial charge in [0.1, 0.15) is 10.8 Å². The van der Waals surface area contributed by atoms with Crippen molar-refractivity contribution < 1.29 is 9.21 Å². The highest BCUT2D eigenvalue weighted by molar-refractivity contribution is 7.15. The van der Waals surface area contributed by atoms with E-state index < -0.39 is 0 Å². The maximum Gasteiger partial charge on any atom is 0.279 e. The van der Waals surface area contributed by atoms with E-state index in [9.17, 15) is 4.79 Å². The summed E-state index contributed by atoms with van der Waals surface area (Å²) in [4.78, 5) is 15.7. The van der Waals surface area contributed by atoms with Gasteiger partial charge in [-0.15, -0.1) is 10.2 Å². The first-order valence-electron chi connectivity index (χ1n) is 5.30. The molecule has 2 aromatic rings. The second-order valence-electron chi connectivity index (χ2n) is 3.29. The van der Waals surface area contributed by atoms with E-state index in [1.807, 2.05) is 13.8 Å². The van der Waals surface area contributed by atoms with Gasteiger partial charge in [0, 0.05) is 6.42 Å². The van der Waals surface area contributed by atoms with E-state index in [0.29, 0.717) is 23.0 Å². The first kappa shape index (κ1) is 11.7. The molecule has 17 heavy (non-hydrogen) atoms. The molecule has 1 N–H and O–H groups in total. The zero-order chi connectivity index (χ0) is 12.3. The Bertz CT molecular complexity index is 520. The fourth-order valence-electron chi connectivity index (χ4n) is 1.31. The average Bonchev–Trinajstić information content (AvgIpc) is 2.96. The molecule has 0 aromatic carbocycles. The minimum Gasteiger partial charge on any atom is -0.448 e. The summed E-state index contributed by atoms with van der Waals surface area (Å²) in [6.45, 7) is 3.89. The van der Waals surface area contributed by atoms with E-state index in [1.54, 1.807) is 0 Å². The minimum absolute atomic E-state index is 0.306. The smallest absolute Gasteiger partial charge is 0.279 e. The highest BCUT2D eigenvalue weighted by Crippen LogP contribution is 2.17. The van der Waals surface area contributed by atoms with Crippen LogP contribution in [0.4, 0.5) is 5.13 Å². The summed E-state index contributed by atoms with van der Waals surface area (Å²) in [5.74, 6) is 0.261. The fourth-order valence-corrected chi connectivity index (χ4v) is 1.98. The number of aryl methyl sites for hydroxylation is 2. The Morgan fingerprint density at radius 3 is 2.88 bits per heavy atom. The molecule has 0 aliphatic rings. The summed E-state index contributed by atoms with van der Waals surface area (Å²) in [7, 11) is 0. The summed E-state index contributed by atoms with van der Waals surface area (Å²) >= 11 is 1.36. The number of amides is 1. The van der Waals surface area contributed by atoms with Crippen molar-refractivity contribution in [3.05, 3.63) is 22.9 Å². The molecule has 0 unspecified atom stereocenters. The SMILES string of the molecule is CCc1nnc(NC(=O)c2ncoc2CC)s1. The number of rotatable bonds is 4. The third-order valence-electron chi connectivity index (χ3n) is 2.17. The van der Waals surface area contributed by atoms with Gasteiger partial charge in [-0.25, -0.2) is 4.98 Å². The molecule has 0 aliphatic carbocycles. The number of hydrogen-bond acceptors (Lipinski definition) is 6. The second kappa shape index (κ2) is 5.05. The van der Waals surface area contributed by atoms with Crippen LogP contribution in [0.15, 0.2) is 10.8 Å². The first-order chi connectivity index (χ1) is 8.24. The molecule has 0 radical (unpaired) electrons. The van der Waals surface area contributed by atoms with Gasteiger partial charge < -0.3 is 4.42 Å². The molecule has 1 amide bonds. The van der Waals surface area contributed by atoms with E-state index in [2.05, 4.69) is 20.5 Å². The number of carbonyl (C=O) groups excluding carboxylic acids is 1. The second-order valence-corrected chi connectivity index (χ2v) is 4.35. The van der Waals surface area contributed by atoms with Gasteiger partial charge in [0.15, 0.2) is 12.1 Å². The first-order valence-corrected chi connectivity index (χ1v) is 6.12. The average molecular weight is 252 g/mol. The zero-order valence-electron chi connectivity index (χ0n) is 9.56. The van der Waals surface area contributed by atoms with Crippen molar-refractivity contribution in [2.24, 2.45) is 0 Å². The number of aromatic nitrogens is 3. The Labute approximate surface area is 102 Å². The minimum atomic E-state index is -0.311. The largest absolute Gasteiger partial charge is 0.448 e. The molecule has 2 heterocycles. The third kappa shape index (κ3) is 2.50. The van der Waals surface area contributed by atoms with Gasteiger partial charge in [0.25, 0.3) is 5.91 Å². The lowest BCUT2D eigenvalue weighted by Gasteiger charge is -1.98. The predicted molar refractivity (Wildman–Crippen MR) is 63.1 cm³/mol. The molecule has 0 saturated heterocycles. The molecule has 0 atom stereocenters. The van der Waals surface area contributed by atoms with E-state index in [-0.39, 0.29) is 5.91 Å². The molecule has 0 spiro atoms. The lowest BCUT2D eigenvalue weighted by atomic mass is 10.3. The van der Waals surface area contributed by atoms with Gasteiger partial charge in [-0.05, 0) is 6.42 Å². The number of oxazole rings is 1. The number of nitrogens with zero attached hydrogens (tertiary/aromatic N) is 3. The Morgan fingerprint density at radius 1 is 1.41 bits per heavy atom. The van der Waals surface area contributed by atoms with E-state index in [1.165, 1.54) is 17.7 Å². The van der Waals surface area contributed by atoms with Crippen molar-refractivity contribution in [3.63, 3.8) is 0 Å². The van der Waals surface area contributed by atoms with Crippen LogP contribution in [0.3, 0.4) is 0 Å². The van der Waals surface area contributed by atoms with Gasteiger partial charge in [-0.3, -0.25) is 10.1 Å². The van der Waals surface area contributed by atoms with Crippen molar-refractivity contribution >= 4 is 22.4 Å². The van der Waals surface area contributed by atoms with Crippen LogP contribution in [-0.2, 0) is 12.8 Å². The van der Waals surface area contributed by atoms with Crippen molar-refractivity contribution in [3.8, 4) is 0 Å². The fraction of sp³-hybridized carbons (Fsp3) is 0.400. The van der Waals surface area contributed by atoms with Crippen LogP contribution in [0.5, 0.6) is 0 Å². The summed E-state index contributed by atoms with van der Waals surface area (Å²) in [6, 6.07) is 0. The molecule has 90 valence electrons. The molecular weight excluding hydrogens is 240 g/mol. The van der Waals surface area contributed by atoms with Gasteiger partial charge in [-0.1, -0.05) is 25.2 Å². The standard InChI is InChI=1S/C10H12N4O2S/c1-3-6-8(11-5-16-6)9(15)12-10-14-13-7(4-2)17-10/h5H,3-4H2,1-2H3,(H,12,14,15). The molecule has 0 bridgehead atoms. The van der Waals surface area contributed by atoms with Crippen molar-refractivity contribution in [1.29, 1.82) is 0 Å². The monoisotopic (exact) mass is 252 g/mol. The Balaban J connectivity index is 2.11. The molecule has 0 aliphatic heterocycles. The maximum absolute atomic E-state index is 11.9. The van der Waals surface area contributed by atoms with Crippen LogP contribution in [0.25, 0.3) is 0 Å². The predicted octanol–water partition coefficient (Wildman–Crippen LogP) is 1.90. The van der Waals surface area contributed by atoms with E-state index in [4.69, 9.17) is 4.42 Å². The van der Waals surface area contributed by atoms with Crippen LogP contribution >= 0.6 is 11.3 Å². The van der Waals surface area contributed by atoms with E-state index >= 15 is 0 Å². The molecule has 7 heteroatoms. The van der Waals surface area contributed by atoms with Crippen LogP contribution < -0.4 is 5.32 Å². The Kier molecular flexibility index (Phi) is 3.48. The zero-order valence-corrected chi connectivity index (χ0v) is 10.4. The highest BCUT2D eigenvalue weighted by Gasteiger charge is 2.16. The highest BCUT2D eigenvalue weighted by atomic mass is 32.1. The number of carbonyl (C=O) groups is 1. The van der Waals surface area contributed by atoms with Crippen molar-refractivity contribution in [1.82, 2.24) is 15.2 Å². The van der Waals surface area contributed by atoms with Crippen LogP contribution in [-0.4, -0.2) is 21.1 Å². The Morgan fingerprint density at radius 2 is 2.24 bits per heavy atom. The lowest BCUT2D eigenvalue weighted by Crippen LogP contribution is -2.13. The molecule has 2 rings (SSSR count). The van der Waals surface area contributed by atoms with E-state index in [0.717, 1.165) is 11.4 Å². The molecule has 0 fully saturated rings. The quantitative estimate of drug-likeness (QED) is 0.898. The third-order valence-corrected chi connectivity index (χ3v) is 3.15. The van der Waals surface area contributed by atoms with Gasteiger partial charge in [0.2, 0.25) is 5.13 Å². The topological polar surface area (TPSA) is 80.9 Å². The number of hydrogen-bond donors (Lipinski definition) is 1.